The standard InChI is InChI=1S/C16H14FIN4O2/c17-9-3-11(5-19)22(8-9)15(23)7-21-16(24)13-6-20-14-4-10(18)1-2-12(13)14/h1-2,4,6,9,11,20H,3,7-8H2,(H,21,24)/t9?,11-/m0/s1. The second-order valence-electron chi connectivity index (χ2n) is 5.60. The van der Waals surface area contributed by atoms with Crippen LogP contribution >= 0.6 is 22.6 Å². The molecule has 6 nitrogen and oxygen atoms in total. The highest BCUT2D eigenvalue weighted by Crippen LogP contribution is 2.21. The summed E-state index contributed by atoms with van der Waals surface area (Å²) in [6.45, 7) is -0.362. The SMILES string of the molecule is N#C[C@@H]1CC(F)CN1C(=O)CNC(=O)c1c[nH]c2cc(I)ccc12. The molecule has 1 unspecified atom stereocenters. The number of aromatic nitrogens is 1. The van der Waals surface area contributed by atoms with Crippen LogP contribution in [0.2, 0.25) is 0 Å². The fourth-order valence-corrected chi connectivity index (χ4v) is 3.31. The van der Waals surface area contributed by atoms with E-state index in [0.29, 0.717) is 5.56 Å². The maximum atomic E-state index is 13.4. The van der Waals surface area contributed by atoms with Crippen molar-refractivity contribution in [3.63, 3.8) is 0 Å². The summed E-state index contributed by atoms with van der Waals surface area (Å²) in [5, 5.41) is 12.3. The number of hydrogen-bond donors (Lipinski definition) is 2. The summed E-state index contributed by atoms with van der Waals surface area (Å²) in [4.78, 5) is 28.6. The van der Waals surface area contributed by atoms with Crippen LogP contribution in [0.5, 0.6) is 0 Å². The molecular formula is C16H14FIN4O2. The van der Waals surface area contributed by atoms with Crippen LogP contribution in [-0.2, 0) is 4.79 Å². The zero-order valence-electron chi connectivity index (χ0n) is 12.6. The first kappa shape index (κ1) is 16.7. The molecule has 2 aromatic rings. The van der Waals surface area contributed by atoms with Crippen LogP contribution in [0.4, 0.5) is 4.39 Å². The van der Waals surface area contributed by atoms with E-state index in [1.54, 1.807) is 6.20 Å². The second kappa shape index (κ2) is 6.76. The predicted octanol–water partition coefficient (Wildman–Crippen LogP) is 1.96. The van der Waals surface area contributed by atoms with Crippen LogP contribution < -0.4 is 5.32 Å². The molecule has 2 atom stereocenters. The number of carbonyl (C=O) groups is 2. The zero-order valence-corrected chi connectivity index (χ0v) is 14.7. The van der Waals surface area contributed by atoms with Crippen molar-refractivity contribution in [2.75, 3.05) is 13.1 Å². The minimum absolute atomic E-state index is 0.0251. The number of rotatable bonds is 3. The van der Waals surface area contributed by atoms with E-state index in [1.165, 1.54) is 4.90 Å². The fourth-order valence-electron chi connectivity index (χ4n) is 2.82. The largest absolute Gasteiger partial charge is 0.360 e. The lowest BCUT2D eigenvalue weighted by Gasteiger charge is -2.19. The van der Waals surface area contributed by atoms with Crippen molar-refractivity contribution < 1.29 is 14.0 Å². The molecule has 24 heavy (non-hydrogen) atoms. The molecule has 0 radical (unpaired) electrons. The van der Waals surface area contributed by atoms with Gasteiger partial charge in [0.2, 0.25) is 5.91 Å². The molecule has 1 aliphatic heterocycles. The topological polar surface area (TPSA) is 89.0 Å². The van der Waals surface area contributed by atoms with E-state index in [1.807, 2.05) is 24.3 Å². The van der Waals surface area contributed by atoms with Crippen molar-refractivity contribution >= 4 is 45.3 Å². The molecule has 0 bridgehead atoms. The minimum atomic E-state index is -1.19. The van der Waals surface area contributed by atoms with Gasteiger partial charge in [-0.1, -0.05) is 6.07 Å². The van der Waals surface area contributed by atoms with Gasteiger partial charge in [0.15, 0.2) is 0 Å². The number of nitrogens with one attached hydrogen (secondary N) is 2. The Labute approximate surface area is 151 Å². The second-order valence-corrected chi connectivity index (χ2v) is 6.84. The lowest BCUT2D eigenvalue weighted by atomic mass is 10.1. The number of halogens is 2. The third-order valence-electron chi connectivity index (χ3n) is 4.01. The van der Waals surface area contributed by atoms with Gasteiger partial charge in [0, 0.05) is 27.1 Å². The van der Waals surface area contributed by atoms with Gasteiger partial charge in [-0.3, -0.25) is 9.59 Å². The first-order chi connectivity index (χ1) is 11.5. The molecule has 1 aliphatic rings. The lowest BCUT2D eigenvalue weighted by molar-refractivity contribution is -0.130. The number of fused-ring (bicyclic) bond motifs is 1. The molecule has 124 valence electrons. The third kappa shape index (κ3) is 3.21. The molecule has 1 fully saturated rings. The van der Waals surface area contributed by atoms with Crippen molar-refractivity contribution in [1.82, 2.24) is 15.2 Å². The first-order valence-corrected chi connectivity index (χ1v) is 8.45. The number of amides is 2. The Bertz CT molecular complexity index is 844. The van der Waals surface area contributed by atoms with E-state index in [2.05, 4.69) is 32.9 Å². The van der Waals surface area contributed by atoms with Crippen LogP contribution in [0.15, 0.2) is 24.4 Å². The van der Waals surface area contributed by atoms with Crippen molar-refractivity contribution in [1.29, 1.82) is 5.26 Å². The molecule has 0 saturated carbocycles. The molecule has 1 aromatic heterocycles. The fraction of sp³-hybridized carbons (Fsp3) is 0.312. The average molecular weight is 440 g/mol. The zero-order chi connectivity index (χ0) is 17.3. The summed E-state index contributed by atoms with van der Waals surface area (Å²) < 4.78 is 14.4. The Kier molecular flexibility index (Phi) is 4.71. The van der Waals surface area contributed by atoms with Crippen LogP contribution in [0, 0.1) is 14.9 Å². The van der Waals surface area contributed by atoms with E-state index in [0.717, 1.165) is 14.5 Å². The van der Waals surface area contributed by atoms with Gasteiger partial charge in [-0.2, -0.15) is 5.26 Å². The van der Waals surface area contributed by atoms with Crippen molar-refractivity contribution in [2.45, 2.75) is 18.6 Å². The number of carbonyl (C=O) groups excluding carboxylic acids is 2. The van der Waals surface area contributed by atoms with Crippen LogP contribution in [0.3, 0.4) is 0 Å². The summed E-state index contributed by atoms with van der Waals surface area (Å²) in [6, 6.07) is 6.80. The number of likely N-dealkylation sites (tertiary alicyclic amines) is 1. The van der Waals surface area contributed by atoms with Gasteiger partial charge < -0.3 is 15.2 Å². The van der Waals surface area contributed by atoms with Crippen molar-refractivity contribution in [3.05, 3.63) is 33.5 Å². The summed E-state index contributed by atoms with van der Waals surface area (Å²) in [5.74, 6) is -0.843. The maximum absolute atomic E-state index is 13.4. The molecule has 1 saturated heterocycles. The van der Waals surface area contributed by atoms with E-state index in [4.69, 9.17) is 5.26 Å². The highest BCUT2D eigenvalue weighted by molar-refractivity contribution is 14.1. The minimum Gasteiger partial charge on any atom is -0.360 e. The van der Waals surface area contributed by atoms with Gasteiger partial charge >= 0.3 is 0 Å². The van der Waals surface area contributed by atoms with E-state index < -0.39 is 18.1 Å². The number of alkyl halides is 1. The molecule has 2 N–H and O–H groups in total. The maximum Gasteiger partial charge on any atom is 0.253 e. The Morgan fingerprint density at radius 2 is 2.29 bits per heavy atom. The molecule has 2 amide bonds. The highest BCUT2D eigenvalue weighted by atomic mass is 127. The highest BCUT2D eigenvalue weighted by Gasteiger charge is 2.35. The number of nitrogens with zero attached hydrogens (tertiary/aromatic N) is 2. The monoisotopic (exact) mass is 440 g/mol. The molecule has 3 rings (SSSR count). The lowest BCUT2D eigenvalue weighted by Crippen LogP contribution is -2.42. The van der Waals surface area contributed by atoms with Crippen LogP contribution in [0.25, 0.3) is 10.9 Å². The summed E-state index contributed by atoms with van der Waals surface area (Å²) in [7, 11) is 0. The quantitative estimate of drug-likeness (QED) is 0.716. The average Bonchev–Trinajstić information content (AvgIpc) is 3.14. The molecule has 1 aromatic carbocycles. The predicted molar refractivity (Wildman–Crippen MR) is 94.0 cm³/mol. The molecule has 2 heterocycles. The van der Waals surface area contributed by atoms with Gasteiger partial charge in [-0.25, -0.2) is 4.39 Å². The van der Waals surface area contributed by atoms with Crippen molar-refractivity contribution in [2.24, 2.45) is 0 Å². The molecular weight excluding hydrogens is 426 g/mol. The number of H-pyrrole nitrogens is 1. The summed E-state index contributed by atoms with van der Waals surface area (Å²) >= 11 is 2.18. The van der Waals surface area contributed by atoms with Crippen LogP contribution in [-0.4, -0.2) is 47.0 Å². The molecule has 0 aliphatic carbocycles. The normalized spacial score (nSPS) is 20.1. The van der Waals surface area contributed by atoms with Crippen molar-refractivity contribution in [3.8, 4) is 6.07 Å². The van der Waals surface area contributed by atoms with E-state index in [-0.39, 0.29) is 25.4 Å². The smallest absolute Gasteiger partial charge is 0.253 e. The first-order valence-electron chi connectivity index (χ1n) is 7.37. The third-order valence-corrected chi connectivity index (χ3v) is 4.68. The Morgan fingerprint density at radius 1 is 1.50 bits per heavy atom. The number of aromatic amines is 1. The van der Waals surface area contributed by atoms with Gasteiger partial charge in [0.25, 0.3) is 5.91 Å². The van der Waals surface area contributed by atoms with Gasteiger partial charge in [0.05, 0.1) is 24.7 Å². The molecule has 0 spiro atoms. The number of nitriles is 1. The Balaban J connectivity index is 1.67. The van der Waals surface area contributed by atoms with Gasteiger partial charge in [0.1, 0.15) is 12.2 Å². The Morgan fingerprint density at radius 3 is 3.04 bits per heavy atom. The van der Waals surface area contributed by atoms with Crippen LogP contribution in [0.1, 0.15) is 16.8 Å². The number of hydrogen-bond acceptors (Lipinski definition) is 3. The van der Waals surface area contributed by atoms with E-state index >= 15 is 0 Å². The summed E-state index contributed by atoms with van der Waals surface area (Å²) in [6.07, 6.45) is 0.425. The summed E-state index contributed by atoms with van der Waals surface area (Å²) in [5.41, 5.74) is 1.28. The van der Waals surface area contributed by atoms with E-state index in [9.17, 15) is 14.0 Å². The number of benzene rings is 1. The Hall–Kier alpha value is -2.15. The van der Waals surface area contributed by atoms with Gasteiger partial charge in [-0.05, 0) is 34.7 Å². The van der Waals surface area contributed by atoms with Gasteiger partial charge in [-0.15, -0.1) is 0 Å². The molecule has 8 heteroatoms.